The van der Waals surface area contributed by atoms with Gasteiger partial charge in [-0.15, -0.1) is 5.10 Å². The second kappa shape index (κ2) is 6.24. The lowest BCUT2D eigenvalue weighted by atomic mass is 9.81. The van der Waals surface area contributed by atoms with E-state index in [1.807, 2.05) is 28.9 Å². The molecule has 0 aliphatic heterocycles. The normalized spacial score (nSPS) is 22.3. The van der Waals surface area contributed by atoms with E-state index >= 15 is 0 Å². The number of hydrogen-bond donors (Lipinski definition) is 1. The minimum absolute atomic E-state index is 0.698. The summed E-state index contributed by atoms with van der Waals surface area (Å²) in [5.74, 6) is 2.46. The number of tetrazole rings is 1. The fourth-order valence-electron chi connectivity index (χ4n) is 3.23. The van der Waals surface area contributed by atoms with E-state index in [4.69, 9.17) is 5.73 Å². The van der Waals surface area contributed by atoms with Crippen LogP contribution in [0.5, 0.6) is 0 Å². The highest BCUT2D eigenvalue weighted by Crippen LogP contribution is 2.32. The maximum Gasteiger partial charge on any atom is 0.182 e. The van der Waals surface area contributed by atoms with Crippen LogP contribution in [0.25, 0.3) is 11.4 Å². The number of nitrogen functional groups attached to an aromatic ring is 1. The molecule has 5 heteroatoms. The molecule has 1 aromatic heterocycles. The molecule has 0 radical (unpaired) electrons. The van der Waals surface area contributed by atoms with Crippen molar-refractivity contribution in [3.63, 3.8) is 0 Å². The van der Waals surface area contributed by atoms with Gasteiger partial charge in [0.05, 0.1) is 0 Å². The lowest BCUT2D eigenvalue weighted by Gasteiger charge is -2.27. The lowest BCUT2D eigenvalue weighted by Crippen LogP contribution is -2.19. The second-order valence-corrected chi connectivity index (χ2v) is 6.10. The van der Waals surface area contributed by atoms with Crippen molar-refractivity contribution in [2.45, 2.75) is 45.6 Å². The molecule has 1 aromatic carbocycles. The van der Waals surface area contributed by atoms with E-state index in [1.165, 1.54) is 32.1 Å². The first-order valence-electron chi connectivity index (χ1n) is 7.88. The standard InChI is InChI=1S/C16H23N5/c1-2-12-3-5-13(6-4-12)11-21-16(18-19-20-21)14-7-9-15(17)10-8-14/h7-10,12-13H,2-6,11,17H2,1H3. The SMILES string of the molecule is CCC1CCC(Cn2nnnc2-c2ccc(N)cc2)CC1. The summed E-state index contributed by atoms with van der Waals surface area (Å²) in [5.41, 5.74) is 7.52. The Morgan fingerprint density at radius 3 is 2.43 bits per heavy atom. The van der Waals surface area contributed by atoms with Crippen LogP contribution in [0.3, 0.4) is 0 Å². The van der Waals surface area contributed by atoms with Crippen molar-refractivity contribution in [3.8, 4) is 11.4 Å². The number of hydrogen-bond acceptors (Lipinski definition) is 4. The molecule has 1 heterocycles. The van der Waals surface area contributed by atoms with Crippen molar-refractivity contribution < 1.29 is 0 Å². The minimum atomic E-state index is 0.698. The molecule has 0 atom stereocenters. The van der Waals surface area contributed by atoms with Gasteiger partial charge < -0.3 is 5.73 Å². The van der Waals surface area contributed by atoms with Gasteiger partial charge in [0.2, 0.25) is 0 Å². The Labute approximate surface area is 125 Å². The molecule has 0 spiro atoms. The number of nitrogens with zero attached hydrogens (tertiary/aromatic N) is 4. The molecule has 1 saturated carbocycles. The minimum Gasteiger partial charge on any atom is -0.399 e. The maximum absolute atomic E-state index is 5.74. The monoisotopic (exact) mass is 285 g/mol. The molecule has 1 aliphatic rings. The summed E-state index contributed by atoms with van der Waals surface area (Å²) in [6, 6.07) is 7.73. The number of nitrogens with two attached hydrogens (primary N) is 1. The van der Waals surface area contributed by atoms with Crippen LogP contribution in [0.1, 0.15) is 39.0 Å². The van der Waals surface area contributed by atoms with Crippen molar-refractivity contribution >= 4 is 5.69 Å². The van der Waals surface area contributed by atoms with Crippen LogP contribution >= 0.6 is 0 Å². The third-order valence-electron chi connectivity index (χ3n) is 4.68. The summed E-state index contributed by atoms with van der Waals surface area (Å²) in [4.78, 5) is 0. The Kier molecular flexibility index (Phi) is 4.18. The summed E-state index contributed by atoms with van der Waals surface area (Å²) in [6.07, 6.45) is 6.59. The predicted molar refractivity (Wildman–Crippen MR) is 83.4 cm³/mol. The third kappa shape index (κ3) is 3.23. The predicted octanol–water partition coefficient (Wildman–Crippen LogP) is 3.14. The Hall–Kier alpha value is -1.91. The van der Waals surface area contributed by atoms with Crippen LogP contribution in [0, 0.1) is 11.8 Å². The van der Waals surface area contributed by atoms with Gasteiger partial charge in [-0.25, -0.2) is 4.68 Å². The van der Waals surface area contributed by atoms with Crippen LogP contribution in [-0.4, -0.2) is 20.2 Å². The van der Waals surface area contributed by atoms with E-state index in [2.05, 4.69) is 22.4 Å². The molecule has 0 unspecified atom stereocenters. The summed E-state index contributed by atoms with van der Waals surface area (Å²) in [5, 5.41) is 12.2. The Morgan fingerprint density at radius 1 is 1.10 bits per heavy atom. The average molecular weight is 285 g/mol. The van der Waals surface area contributed by atoms with Gasteiger partial charge >= 0.3 is 0 Å². The Morgan fingerprint density at radius 2 is 1.76 bits per heavy atom. The molecule has 112 valence electrons. The van der Waals surface area contributed by atoms with Crippen LogP contribution in [0.15, 0.2) is 24.3 Å². The Balaban J connectivity index is 1.70. The third-order valence-corrected chi connectivity index (χ3v) is 4.68. The summed E-state index contributed by atoms with van der Waals surface area (Å²) in [7, 11) is 0. The number of rotatable bonds is 4. The van der Waals surface area contributed by atoms with Gasteiger partial charge in [-0.1, -0.05) is 26.2 Å². The molecule has 0 bridgehead atoms. The van der Waals surface area contributed by atoms with E-state index in [1.54, 1.807) is 0 Å². The highest BCUT2D eigenvalue weighted by atomic mass is 15.5. The van der Waals surface area contributed by atoms with E-state index in [-0.39, 0.29) is 0 Å². The lowest BCUT2D eigenvalue weighted by molar-refractivity contribution is 0.241. The molecule has 3 rings (SSSR count). The van der Waals surface area contributed by atoms with Gasteiger partial charge in [0.25, 0.3) is 0 Å². The zero-order valence-corrected chi connectivity index (χ0v) is 12.6. The van der Waals surface area contributed by atoms with Crippen LogP contribution in [-0.2, 0) is 6.54 Å². The fourth-order valence-corrected chi connectivity index (χ4v) is 3.23. The molecule has 2 N–H and O–H groups in total. The summed E-state index contributed by atoms with van der Waals surface area (Å²) in [6.45, 7) is 3.22. The number of aromatic nitrogens is 4. The zero-order chi connectivity index (χ0) is 14.7. The second-order valence-electron chi connectivity index (χ2n) is 6.10. The van der Waals surface area contributed by atoms with Crippen molar-refractivity contribution in [1.29, 1.82) is 0 Å². The molecule has 0 amide bonds. The van der Waals surface area contributed by atoms with E-state index in [9.17, 15) is 0 Å². The van der Waals surface area contributed by atoms with E-state index in [0.717, 1.165) is 29.5 Å². The fraction of sp³-hybridized carbons (Fsp3) is 0.562. The van der Waals surface area contributed by atoms with Gasteiger partial charge in [-0.2, -0.15) is 0 Å². The molecule has 0 saturated heterocycles. The van der Waals surface area contributed by atoms with Crippen molar-refractivity contribution in [3.05, 3.63) is 24.3 Å². The topological polar surface area (TPSA) is 69.6 Å². The van der Waals surface area contributed by atoms with Gasteiger partial charge in [0.15, 0.2) is 5.82 Å². The average Bonchev–Trinajstić information content (AvgIpc) is 2.97. The first-order valence-corrected chi connectivity index (χ1v) is 7.88. The van der Waals surface area contributed by atoms with E-state index in [0.29, 0.717) is 5.92 Å². The molecular weight excluding hydrogens is 262 g/mol. The van der Waals surface area contributed by atoms with Crippen molar-refractivity contribution in [1.82, 2.24) is 20.2 Å². The number of anilines is 1. The molecule has 1 aliphatic carbocycles. The van der Waals surface area contributed by atoms with Crippen molar-refractivity contribution in [2.75, 3.05) is 5.73 Å². The van der Waals surface area contributed by atoms with Crippen LogP contribution in [0.2, 0.25) is 0 Å². The van der Waals surface area contributed by atoms with Crippen molar-refractivity contribution in [2.24, 2.45) is 11.8 Å². The molecule has 5 nitrogen and oxygen atoms in total. The molecular formula is C16H23N5. The summed E-state index contributed by atoms with van der Waals surface area (Å²) >= 11 is 0. The van der Waals surface area contributed by atoms with E-state index < -0.39 is 0 Å². The molecule has 21 heavy (non-hydrogen) atoms. The highest BCUT2D eigenvalue weighted by Gasteiger charge is 2.22. The maximum atomic E-state index is 5.74. The van der Waals surface area contributed by atoms with Gasteiger partial charge in [-0.05, 0) is 59.4 Å². The van der Waals surface area contributed by atoms with Gasteiger partial charge in [-0.3, -0.25) is 0 Å². The van der Waals surface area contributed by atoms with Gasteiger partial charge in [0.1, 0.15) is 0 Å². The zero-order valence-electron chi connectivity index (χ0n) is 12.6. The first-order chi connectivity index (χ1) is 10.3. The summed E-state index contributed by atoms with van der Waals surface area (Å²) < 4.78 is 1.95. The molecule has 2 aromatic rings. The van der Waals surface area contributed by atoms with Gasteiger partial charge in [0, 0.05) is 17.8 Å². The largest absolute Gasteiger partial charge is 0.399 e. The molecule has 1 fully saturated rings. The number of benzene rings is 1. The Bertz CT molecular complexity index is 567. The first kappa shape index (κ1) is 14.0. The van der Waals surface area contributed by atoms with Crippen LogP contribution < -0.4 is 5.73 Å². The quantitative estimate of drug-likeness (QED) is 0.876. The van der Waals surface area contributed by atoms with Crippen LogP contribution in [0.4, 0.5) is 5.69 Å². The highest BCUT2D eigenvalue weighted by molar-refractivity contribution is 5.58. The smallest absolute Gasteiger partial charge is 0.182 e.